The van der Waals surface area contributed by atoms with Crippen LogP contribution >= 0.6 is 22.7 Å². The Balaban J connectivity index is 1.80. The van der Waals surface area contributed by atoms with E-state index in [9.17, 15) is 4.79 Å². The minimum atomic E-state index is 0.146. The van der Waals surface area contributed by atoms with Crippen molar-refractivity contribution in [1.82, 2.24) is 15.2 Å². The maximum atomic E-state index is 12.6. The number of nitrogens with zero attached hydrogens (tertiary/aromatic N) is 3. The van der Waals surface area contributed by atoms with Crippen molar-refractivity contribution in [2.75, 3.05) is 37.6 Å². The number of thiazole rings is 1. The van der Waals surface area contributed by atoms with Gasteiger partial charge in [-0.2, -0.15) is 0 Å². The number of carbonyl (C=O) groups is 1. The Morgan fingerprint density at radius 2 is 2.23 bits per heavy atom. The monoisotopic (exact) mass is 338 g/mol. The van der Waals surface area contributed by atoms with Crippen LogP contribution < -0.4 is 10.2 Å². The lowest BCUT2D eigenvalue weighted by molar-refractivity contribution is 0.0714. The first-order chi connectivity index (χ1) is 10.6. The van der Waals surface area contributed by atoms with Gasteiger partial charge in [-0.25, -0.2) is 4.98 Å². The lowest BCUT2D eigenvalue weighted by Gasteiger charge is -2.31. The van der Waals surface area contributed by atoms with Crippen LogP contribution in [-0.2, 0) is 0 Å². The van der Waals surface area contributed by atoms with E-state index in [1.807, 2.05) is 11.0 Å². The molecule has 2 aromatic rings. The number of piperazine rings is 1. The molecule has 1 atom stereocenters. The molecule has 1 unspecified atom stereocenters. The molecule has 120 valence electrons. The van der Waals surface area contributed by atoms with Crippen LogP contribution in [0, 0.1) is 0 Å². The second kappa shape index (κ2) is 6.52. The standard InChI is InChI=1S/C15H22N4OS2/c1-4-18(5-2)15-17-13-11(22-15)8-12(21-13)14(20)19-7-6-16-10(3)9-19/h8,10,16H,4-7,9H2,1-3H3. The highest BCUT2D eigenvalue weighted by molar-refractivity contribution is 7.29. The third kappa shape index (κ3) is 2.98. The Morgan fingerprint density at radius 3 is 2.86 bits per heavy atom. The van der Waals surface area contributed by atoms with Crippen molar-refractivity contribution < 1.29 is 4.79 Å². The Kier molecular flexibility index (Phi) is 4.65. The zero-order chi connectivity index (χ0) is 15.7. The van der Waals surface area contributed by atoms with Gasteiger partial charge >= 0.3 is 0 Å². The molecule has 1 fully saturated rings. The summed E-state index contributed by atoms with van der Waals surface area (Å²) in [6.07, 6.45) is 0. The van der Waals surface area contributed by atoms with Crippen molar-refractivity contribution in [2.45, 2.75) is 26.8 Å². The predicted octanol–water partition coefficient (Wildman–Crippen LogP) is 2.64. The molecule has 1 aliphatic heterocycles. The number of hydrogen-bond acceptors (Lipinski definition) is 6. The molecule has 1 saturated heterocycles. The first kappa shape index (κ1) is 15.7. The summed E-state index contributed by atoms with van der Waals surface area (Å²) in [4.78, 5) is 23.3. The smallest absolute Gasteiger partial charge is 0.264 e. The molecule has 5 nitrogen and oxygen atoms in total. The first-order valence-corrected chi connectivity index (χ1v) is 9.43. The van der Waals surface area contributed by atoms with E-state index in [-0.39, 0.29) is 5.91 Å². The van der Waals surface area contributed by atoms with Crippen LogP contribution in [0.15, 0.2) is 6.07 Å². The second-order valence-corrected chi connectivity index (χ2v) is 7.59. The van der Waals surface area contributed by atoms with Crippen LogP contribution in [0.4, 0.5) is 5.13 Å². The van der Waals surface area contributed by atoms with Crippen molar-refractivity contribution in [1.29, 1.82) is 0 Å². The molecule has 1 amide bonds. The molecule has 2 aromatic heterocycles. The quantitative estimate of drug-likeness (QED) is 0.931. The third-order valence-corrected chi connectivity index (χ3v) is 6.19. The molecule has 0 spiro atoms. The average molecular weight is 339 g/mol. The SMILES string of the molecule is CCN(CC)c1nc2sc(C(=O)N3CCNC(C)C3)cc2s1. The van der Waals surface area contributed by atoms with E-state index < -0.39 is 0 Å². The summed E-state index contributed by atoms with van der Waals surface area (Å²) in [6.45, 7) is 10.7. The van der Waals surface area contributed by atoms with E-state index in [0.29, 0.717) is 6.04 Å². The van der Waals surface area contributed by atoms with Gasteiger partial charge in [-0.1, -0.05) is 11.3 Å². The molecule has 1 aliphatic rings. The number of rotatable bonds is 4. The van der Waals surface area contributed by atoms with Crippen molar-refractivity contribution in [2.24, 2.45) is 0 Å². The zero-order valence-electron chi connectivity index (χ0n) is 13.3. The van der Waals surface area contributed by atoms with Crippen LogP contribution in [0.5, 0.6) is 0 Å². The molecule has 3 heterocycles. The topological polar surface area (TPSA) is 48.5 Å². The van der Waals surface area contributed by atoms with Gasteiger partial charge in [-0.05, 0) is 26.8 Å². The van der Waals surface area contributed by atoms with Gasteiger partial charge in [0, 0.05) is 38.8 Å². The van der Waals surface area contributed by atoms with E-state index in [1.165, 1.54) is 11.3 Å². The van der Waals surface area contributed by atoms with Gasteiger partial charge in [0.05, 0.1) is 9.58 Å². The second-order valence-electron chi connectivity index (χ2n) is 5.56. The minimum Gasteiger partial charge on any atom is -0.349 e. The number of amides is 1. The minimum absolute atomic E-state index is 0.146. The van der Waals surface area contributed by atoms with E-state index in [2.05, 4.69) is 31.0 Å². The highest BCUT2D eigenvalue weighted by Crippen LogP contribution is 2.35. The molecule has 0 aliphatic carbocycles. The Morgan fingerprint density at radius 1 is 1.45 bits per heavy atom. The van der Waals surface area contributed by atoms with Gasteiger partial charge in [-0.3, -0.25) is 4.79 Å². The van der Waals surface area contributed by atoms with Crippen molar-refractivity contribution in [3.63, 3.8) is 0 Å². The third-order valence-electron chi connectivity index (χ3n) is 3.98. The Labute approximate surface area is 138 Å². The molecule has 0 aromatic carbocycles. The van der Waals surface area contributed by atoms with Gasteiger partial charge in [-0.15, -0.1) is 11.3 Å². The lowest BCUT2D eigenvalue weighted by atomic mass is 10.2. The largest absolute Gasteiger partial charge is 0.349 e. The Hall–Kier alpha value is -1.18. The molecule has 1 N–H and O–H groups in total. The number of aromatic nitrogens is 1. The summed E-state index contributed by atoms with van der Waals surface area (Å²) in [5.41, 5.74) is 0. The van der Waals surface area contributed by atoms with E-state index >= 15 is 0 Å². The Bertz CT molecular complexity index is 630. The number of fused-ring (bicyclic) bond motifs is 1. The fourth-order valence-corrected chi connectivity index (χ4v) is 5.04. The lowest BCUT2D eigenvalue weighted by Crippen LogP contribution is -2.51. The van der Waals surface area contributed by atoms with Crippen LogP contribution in [-0.4, -0.2) is 54.6 Å². The predicted molar refractivity (Wildman–Crippen MR) is 94.4 cm³/mol. The molecule has 3 rings (SSSR count). The van der Waals surface area contributed by atoms with Gasteiger partial charge in [0.1, 0.15) is 4.83 Å². The molecule has 7 heteroatoms. The summed E-state index contributed by atoms with van der Waals surface area (Å²) >= 11 is 3.20. The number of nitrogens with one attached hydrogen (secondary N) is 1. The fraction of sp³-hybridized carbons (Fsp3) is 0.600. The fourth-order valence-electron chi connectivity index (χ4n) is 2.73. The molecular weight excluding hydrogens is 316 g/mol. The normalized spacial score (nSPS) is 18.9. The summed E-state index contributed by atoms with van der Waals surface area (Å²) in [5, 5.41) is 4.42. The molecule has 0 bridgehead atoms. The van der Waals surface area contributed by atoms with Gasteiger partial charge in [0.15, 0.2) is 5.13 Å². The van der Waals surface area contributed by atoms with E-state index in [1.54, 1.807) is 11.3 Å². The molecule has 0 saturated carbocycles. The molecule has 0 radical (unpaired) electrons. The highest BCUT2D eigenvalue weighted by Gasteiger charge is 2.24. The van der Waals surface area contributed by atoms with Crippen molar-refractivity contribution >= 4 is 43.2 Å². The molecule has 22 heavy (non-hydrogen) atoms. The maximum absolute atomic E-state index is 12.6. The summed E-state index contributed by atoms with van der Waals surface area (Å²) in [5.74, 6) is 0.146. The van der Waals surface area contributed by atoms with Gasteiger partial charge in [0.25, 0.3) is 5.91 Å². The van der Waals surface area contributed by atoms with E-state index in [0.717, 1.165) is 52.3 Å². The average Bonchev–Trinajstić information content (AvgIpc) is 3.06. The van der Waals surface area contributed by atoms with Crippen molar-refractivity contribution in [3.05, 3.63) is 10.9 Å². The maximum Gasteiger partial charge on any atom is 0.264 e. The first-order valence-electron chi connectivity index (χ1n) is 7.80. The molecular formula is C15H22N4OS2. The van der Waals surface area contributed by atoms with Crippen LogP contribution in [0.25, 0.3) is 9.53 Å². The number of carbonyl (C=O) groups excluding carboxylic acids is 1. The van der Waals surface area contributed by atoms with E-state index in [4.69, 9.17) is 4.98 Å². The number of anilines is 1. The number of thiophene rings is 1. The summed E-state index contributed by atoms with van der Waals surface area (Å²) in [6, 6.07) is 2.38. The van der Waals surface area contributed by atoms with Crippen LogP contribution in [0.2, 0.25) is 0 Å². The summed E-state index contributed by atoms with van der Waals surface area (Å²) < 4.78 is 1.12. The van der Waals surface area contributed by atoms with Gasteiger partial charge in [0.2, 0.25) is 0 Å². The highest BCUT2D eigenvalue weighted by atomic mass is 32.1. The van der Waals surface area contributed by atoms with Crippen molar-refractivity contribution in [3.8, 4) is 0 Å². The number of hydrogen-bond donors (Lipinski definition) is 1. The zero-order valence-corrected chi connectivity index (χ0v) is 14.9. The van der Waals surface area contributed by atoms with Crippen LogP contribution in [0.3, 0.4) is 0 Å². The van der Waals surface area contributed by atoms with Gasteiger partial charge < -0.3 is 15.1 Å². The summed E-state index contributed by atoms with van der Waals surface area (Å²) in [7, 11) is 0. The van der Waals surface area contributed by atoms with Crippen LogP contribution in [0.1, 0.15) is 30.4 Å².